The maximum atomic E-state index is 14.4. The van der Waals surface area contributed by atoms with Crippen LogP contribution in [0.25, 0.3) is 10.9 Å². The van der Waals surface area contributed by atoms with Gasteiger partial charge in [-0.05, 0) is 29.8 Å². The lowest BCUT2D eigenvalue weighted by atomic mass is 10.0. The van der Waals surface area contributed by atoms with Gasteiger partial charge in [0.2, 0.25) is 0 Å². The largest absolute Gasteiger partial charge is 0.494 e. The Kier molecular flexibility index (Phi) is 8.43. The van der Waals surface area contributed by atoms with Gasteiger partial charge in [0, 0.05) is 37.9 Å². The summed E-state index contributed by atoms with van der Waals surface area (Å²) in [7, 11) is 1.33. The molecule has 1 unspecified atom stereocenters. The highest BCUT2D eigenvalue weighted by molar-refractivity contribution is 6.35. The molecule has 1 aromatic heterocycles. The van der Waals surface area contributed by atoms with Gasteiger partial charge in [0.1, 0.15) is 6.10 Å². The standard InChI is InChI=1S/C27H27ClFNO9/c1-13(31)37-22-12-36-27(26(39-15(3)33)25(22)38-14(2)32)30-11-17(23-18(28)6-5-7-20(23)30)24(34)16-8-9-21(35-4)19(29)10-16/h5-11,22,24-27,34H,12H2,1-4H3/t22-,24?,25+,26-,27-/m1/s1. The van der Waals surface area contributed by atoms with Crippen LogP contribution >= 0.6 is 11.6 Å². The average Bonchev–Trinajstić information content (AvgIpc) is 3.25. The molecule has 1 fully saturated rings. The van der Waals surface area contributed by atoms with Crippen LogP contribution < -0.4 is 4.74 Å². The second-order valence-electron chi connectivity index (χ2n) is 8.94. The topological polar surface area (TPSA) is 123 Å². The fourth-order valence-electron chi connectivity index (χ4n) is 4.71. The zero-order chi connectivity index (χ0) is 28.4. The molecule has 0 amide bonds. The van der Waals surface area contributed by atoms with E-state index in [1.807, 2.05) is 0 Å². The van der Waals surface area contributed by atoms with Gasteiger partial charge in [0.25, 0.3) is 0 Å². The van der Waals surface area contributed by atoms with Crippen molar-refractivity contribution in [3.63, 3.8) is 0 Å². The molecule has 5 atom stereocenters. The number of hydrogen-bond donors (Lipinski definition) is 1. The van der Waals surface area contributed by atoms with E-state index in [1.165, 1.54) is 40.0 Å². The third-order valence-corrected chi connectivity index (χ3v) is 6.54. The van der Waals surface area contributed by atoms with Crippen molar-refractivity contribution in [1.29, 1.82) is 0 Å². The van der Waals surface area contributed by atoms with Crippen LogP contribution in [0.1, 0.15) is 44.2 Å². The maximum Gasteiger partial charge on any atom is 0.303 e. The van der Waals surface area contributed by atoms with Gasteiger partial charge in [0.15, 0.2) is 36.1 Å². The number of aromatic nitrogens is 1. The van der Waals surface area contributed by atoms with Crippen molar-refractivity contribution < 1.29 is 47.6 Å². The van der Waals surface area contributed by atoms with Crippen molar-refractivity contribution in [2.45, 2.75) is 51.4 Å². The molecule has 1 saturated heterocycles. The second-order valence-corrected chi connectivity index (χ2v) is 9.35. The first-order valence-electron chi connectivity index (χ1n) is 12.0. The molecule has 0 saturated carbocycles. The first-order chi connectivity index (χ1) is 18.5. The Morgan fingerprint density at radius 1 is 1.05 bits per heavy atom. The molecule has 10 nitrogen and oxygen atoms in total. The number of hydrogen-bond acceptors (Lipinski definition) is 9. The van der Waals surface area contributed by atoms with Crippen LogP contribution in [0.15, 0.2) is 42.6 Å². The van der Waals surface area contributed by atoms with E-state index in [2.05, 4.69) is 0 Å². The number of esters is 3. The molecule has 0 spiro atoms. The fourth-order valence-corrected chi connectivity index (χ4v) is 4.99. The summed E-state index contributed by atoms with van der Waals surface area (Å²) in [5.41, 5.74) is 1.04. The summed E-state index contributed by atoms with van der Waals surface area (Å²) in [6.07, 6.45) is -4.36. The van der Waals surface area contributed by atoms with Crippen molar-refractivity contribution in [2.24, 2.45) is 0 Å². The predicted molar refractivity (Wildman–Crippen MR) is 136 cm³/mol. The van der Waals surface area contributed by atoms with Crippen molar-refractivity contribution in [2.75, 3.05) is 13.7 Å². The number of ether oxygens (including phenoxy) is 5. The molecule has 1 N–H and O–H groups in total. The smallest absolute Gasteiger partial charge is 0.303 e. The van der Waals surface area contributed by atoms with Crippen molar-refractivity contribution >= 4 is 40.4 Å². The molecular weight excluding hydrogens is 537 g/mol. The molecule has 1 aliphatic heterocycles. The minimum atomic E-state index is -1.32. The van der Waals surface area contributed by atoms with Gasteiger partial charge < -0.3 is 33.4 Å². The molecule has 3 aromatic rings. The molecule has 1 aliphatic rings. The Balaban J connectivity index is 1.84. The Bertz CT molecular complexity index is 1410. The van der Waals surface area contributed by atoms with Crippen molar-refractivity contribution in [1.82, 2.24) is 4.57 Å². The number of fused-ring (bicyclic) bond motifs is 1. The Morgan fingerprint density at radius 2 is 1.72 bits per heavy atom. The van der Waals surface area contributed by atoms with E-state index in [-0.39, 0.29) is 17.9 Å². The highest BCUT2D eigenvalue weighted by Gasteiger charge is 2.48. The molecule has 208 valence electrons. The summed E-state index contributed by atoms with van der Waals surface area (Å²) in [6.45, 7) is 3.35. The van der Waals surface area contributed by atoms with E-state index in [9.17, 15) is 23.9 Å². The van der Waals surface area contributed by atoms with Crippen molar-refractivity contribution in [3.05, 3.63) is 64.6 Å². The van der Waals surface area contributed by atoms with Gasteiger partial charge in [0.05, 0.1) is 24.3 Å². The van der Waals surface area contributed by atoms with Crippen LogP contribution in [0, 0.1) is 5.82 Å². The Labute approximate surface area is 228 Å². The fraction of sp³-hybridized carbons (Fsp3) is 0.370. The zero-order valence-electron chi connectivity index (χ0n) is 21.6. The lowest BCUT2D eigenvalue weighted by Crippen LogP contribution is -2.55. The number of halogens is 2. The number of rotatable bonds is 7. The SMILES string of the molecule is COc1ccc(C(O)c2cn([C@@H]3OC[C@@H](OC(C)=O)[C@H](OC(C)=O)[C@H]3OC(C)=O)c3cccc(Cl)c23)cc1F. The number of aliphatic hydroxyl groups excluding tert-OH is 1. The van der Waals surface area contributed by atoms with Crippen LogP contribution in [-0.2, 0) is 33.3 Å². The number of carbonyl (C=O) groups is 3. The highest BCUT2D eigenvalue weighted by atomic mass is 35.5. The lowest BCUT2D eigenvalue weighted by molar-refractivity contribution is -0.239. The number of benzene rings is 2. The summed E-state index contributed by atoms with van der Waals surface area (Å²) in [5.74, 6) is -2.66. The van der Waals surface area contributed by atoms with Crippen molar-refractivity contribution in [3.8, 4) is 5.75 Å². The van der Waals surface area contributed by atoms with Gasteiger partial charge in [-0.2, -0.15) is 0 Å². The molecule has 12 heteroatoms. The quantitative estimate of drug-likeness (QED) is 0.337. The number of aliphatic hydroxyl groups is 1. The van der Waals surface area contributed by atoms with Crippen LogP contribution in [-0.4, -0.2) is 59.6 Å². The van der Waals surface area contributed by atoms with E-state index in [0.717, 1.165) is 6.07 Å². The molecule has 0 bridgehead atoms. The third-order valence-electron chi connectivity index (χ3n) is 6.22. The molecule has 4 rings (SSSR count). The van der Waals surface area contributed by atoms with Crippen LogP contribution in [0.2, 0.25) is 5.02 Å². The van der Waals surface area contributed by atoms with Gasteiger partial charge in [-0.1, -0.05) is 23.7 Å². The monoisotopic (exact) mass is 563 g/mol. The Morgan fingerprint density at radius 3 is 2.33 bits per heavy atom. The van der Waals surface area contributed by atoms with E-state index in [1.54, 1.807) is 29.0 Å². The number of methoxy groups -OCH3 is 1. The summed E-state index contributed by atoms with van der Waals surface area (Å²) >= 11 is 6.55. The number of nitrogens with zero attached hydrogens (tertiary/aromatic N) is 1. The van der Waals surface area contributed by atoms with Gasteiger partial charge in [-0.25, -0.2) is 4.39 Å². The second kappa shape index (κ2) is 11.6. The van der Waals surface area contributed by atoms with E-state index >= 15 is 0 Å². The molecule has 2 heterocycles. The highest BCUT2D eigenvalue weighted by Crippen LogP contribution is 2.40. The minimum Gasteiger partial charge on any atom is -0.494 e. The zero-order valence-corrected chi connectivity index (χ0v) is 22.3. The first-order valence-corrected chi connectivity index (χ1v) is 12.3. The van der Waals surface area contributed by atoms with E-state index < -0.39 is 54.4 Å². The van der Waals surface area contributed by atoms with E-state index in [4.69, 9.17) is 35.3 Å². The molecular formula is C27H27ClFNO9. The number of carbonyl (C=O) groups excluding carboxylic acids is 3. The maximum absolute atomic E-state index is 14.4. The third kappa shape index (κ3) is 5.85. The minimum absolute atomic E-state index is 0.0186. The Hall–Kier alpha value is -3.67. The molecule has 2 aromatic carbocycles. The summed E-state index contributed by atoms with van der Waals surface area (Å²) < 4.78 is 43.3. The van der Waals surface area contributed by atoms with Gasteiger partial charge >= 0.3 is 17.9 Å². The average molecular weight is 564 g/mol. The van der Waals surface area contributed by atoms with E-state index in [0.29, 0.717) is 21.5 Å². The van der Waals surface area contributed by atoms with Gasteiger partial charge in [-0.3, -0.25) is 14.4 Å². The molecule has 0 aliphatic carbocycles. The molecule has 0 radical (unpaired) electrons. The summed E-state index contributed by atoms with van der Waals surface area (Å²) in [4.78, 5) is 35.8. The summed E-state index contributed by atoms with van der Waals surface area (Å²) in [6, 6.07) is 9.09. The van der Waals surface area contributed by atoms with Crippen LogP contribution in [0.5, 0.6) is 5.75 Å². The predicted octanol–water partition coefficient (Wildman–Crippen LogP) is 3.85. The van der Waals surface area contributed by atoms with Crippen LogP contribution in [0.4, 0.5) is 4.39 Å². The lowest BCUT2D eigenvalue weighted by Gasteiger charge is -2.41. The van der Waals surface area contributed by atoms with Gasteiger partial charge in [-0.15, -0.1) is 0 Å². The van der Waals surface area contributed by atoms with Crippen LogP contribution in [0.3, 0.4) is 0 Å². The normalized spacial score (nSPS) is 21.7. The molecule has 39 heavy (non-hydrogen) atoms. The summed E-state index contributed by atoms with van der Waals surface area (Å²) in [5, 5.41) is 12.0. The first kappa shape index (κ1) is 28.3.